The van der Waals surface area contributed by atoms with Crippen LogP contribution in [0.3, 0.4) is 0 Å². The van der Waals surface area contributed by atoms with Gasteiger partial charge in [0, 0.05) is 25.3 Å². The summed E-state index contributed by atoms with van der Waals surface area (Å²) >= 11 is 0. The number of ether oxygens (including phenoxy) is 4. The van der Waals surface area contributed by atoms with E-state index in [-0.39, 0.29) is 37.6 Å². The summed E-state index contributed by atoms with van der Waals surface area (Å²) in [6, 6.07) is 16.0. The van der Waals surface area contributed by atoms with Gasteiger partial charge in [0.1, 0.15) is 17.9 Å². The highest BCUT2D eigenvalue weighted by atomic mass is 16.6. The highest BCUT2D eigenvalue weighted by Crippen LogP contribution is 2.31. The fourth-order valence-electron chi connectivity index (χ4n) is 5.13. The molecular formula is C35H44N2O8. The van der Waals surface area contributed by atoms with Crippen molar-refractivity contribution >= 4 is 29.8 Å². The maximum absolute atomic E-state index is 13.5. The van der Waals surface area contributed by atoms with Crippen molar-refractivity contribution in [2.45, 2.75) is 77.4 Å². The molecule has 2 amide bonds. The van der Waals surface area contributed by atoms with E-state index in [2.05, 4.69) is 10.6 Å². The van der Waals surface area contributed by atoms with E-state index >= 15 is 0 Å². The average Bonchev–Trinajstić information content (AvgIpc) is 3.80. The summed E-state index contributed by atoms with van der Waals surface area (Å²) in [5.74, 6) is -2.42. The second-order valence-electron chi connectivity index (χ2n) is 12.2. The van der Waals surface area contributed by atoms with Gasteiger partial charge in [-0.3, -0.25) is 14.4 Å². The molecule has 2 fully saturated rings. The van der Waals surface area contributed by atoms with Gasteiger partial charge in [0.15, 0.2) is 12.2 Å². The van der Waals surface area contributed by atoms with Gasteiger partial charge >= 0.3 is 11.9 Å². The van der Waals surface area contributed by atoms with Crippen molar-refractivity contribution in [1.82, 2.24) is 10.6 Å². The normalized spacial score (nSPS) is 27.2. The lowest BCUT2D eigenvalue weighted by Crippen LogP contribution is -2.50. The number of rotatable bonds is 8. The first-order chi connectivity index (χ1) is 21.5. The highest BCUT2D eigenvalue weighted by Gasteiger charge is 2.48. The topological polar surface area (TPSA) is 133 Å². The van der Waals surface area contributed by atoms with E-state index in [0.29, 0.717) is 5.75 Å². The van der Waals surface area contributed by atoms with Gasteiger partial charge < -0.3 is 29.6 Å². The third-order valence-corrected chi connectivity index (χ3v) is 7.97. The number of carbonyl (C=O) groups is 4. The van der Waals surface area contributed by atoms with Crippen molar-refractivity contribution in [3.63, 3.8) is 0 Å². The Labute approximate surface area is 264 Å². The Morgan fingerprint density at radius 2 is 1.64 bits per heavy atom. The molecule has 0 saturated carbocycles. The van der Waals surface area contributed by atoms with Crippen molar-refractivity contribution < 1.29 is 38.1 Å². The third kappa shape index (κ3) is 9.91. The molecule has 2 aromatic carbocycles. The summed E-state index contributed by atoms with van der Waals surface area (Å²) < 4.78 is 22.7. The zero-order valence-corrected chi connectivity index (χ0v) is 26.6. The van der Waals surface area contributed by atoms with Crippen LogP contribution < -0.4 is 15.4 Å². The molecule has 2 heterocycles. The molecule has 2 aromatic rings. The number of cyclic esters (lactones) is 2. The smallest absolute Gasteiger partial charge is 0.347 e. The molecule has 2 saturated heterocycles. The lowest BCUT2D eigenvalue weighted by Gasteiger charge is -2.26. The van der Waals surface area contributed by atoms with Crippen molar-refractivity contribution in [1.29, 1.82) is 0 Å². The van der Waals surface area contributed by atoms with E-state index in [1.807, 2.05) is 75.4 Å². The average molecular weight is 621 g/mol. The van der Waals surface area contributed by atoms with Gasteiger partial charge in [0.05, 0.1) is 19.1 Å². The van der Waals surface area contributed by atoms with E-state index in [1.165, 1.54) is 0 Å². The summed E-state index contributed by atoms with van der Waals surface area (Å²) in [7, 11) is 1.57. The Morgan fingerprint density at radius 1 is 0.933 bits per heavy atom. The molecule has 0 unspecified atom stereocenters. The maximum Gasteiger partial charge on any atom is 0.347 e. The van der Waals surface area contributed by atoms with E-state index in [1.54, 1.807) is 26.2 Å². The largest absolute Gasteiger partial charge is 0.497 e. The predicted octanol–water partition coefficient (Wildman–Crippen LogP) is 3.87. The summed E-state index contributed by atoms with van der Waals surface area (Å²) in [4.78, 5) is 53.2. The summed E-state index contributed by atoms with van der Waals surface area (Å²) in [5, 5.41) is 5.59. The molecule has 10 nitrogen and oxygen atoms in total. The number of esters is 2. The zero-order chi connectivity index (χ0) is 32.5. The molecular weight excluding hydrogens is 576 g/mol. The van der Waals surface area contributed by atoms with Crippen LogP contribution in [0, 0.1) is 17.8 Å². The third-order valence-electron chi connectivity index (χ3n) is 7.97. The van der Waals surface area contributed by atoms with Crippen LogP contribution in [0.25, 0.3) is 6.08 Å². The molecule has 2 aliphatic heterocycles. The Balaban J connectivity index is 1.58. The van der Waals surface area contributed by atoms with Crippen LogP contribution in [0.1, 0.15) is 51.7 Å². The Kier molecular flexibility index (Phi) is 11.8. The molecule has 2 N–H and O–H groups in total. The molecule has 242 valence electrons. The molecule has 10 heteroatoms. The number of benzene rings is 2. The van der Waals surface area contributed by atoms with Gasteiger partial charge in [0.2, 0.25) is 5.91 Å². The summed E-state index contributed by atoms with van der Waals surface area (Å²) in [5.41, 5.74) is 1.81. The molecule has 45 heavy (non-hydrogen) atoms. The van der Waals surface area contributed by atoms with Crippen molar-refractivity contribution in [3.8, 4) is 5.75 Å². The van der Waals surface area contributed by atoms with Gasteiger partial charge in [-0.25, -0.2) is 4.79 Å². The van der Waals surface area contributed by atoms with Gasteiger partial charge in [-0.15, -0.1) is 0 Å². The monoisotopic (exact) mass is 620 g/mol. The highest BCUT2D eigenvalue weighted by molar-refractivity contribution is 5.91. The first kappa shape index (κ1) is 33.7. The van der Waals surface area contributed by atoms with Gasteiger partial charge in [-0.05, 0) is 35.6 Å². The molecule has 0 bridgehead atoms. The Hall–Kier alpha value is -4.18. The van der Waals surface area contributed by atoms with Crippen LogP contribution in [0.4, 0.5) is 0 Å². The second-order valence-corrected chi connectivity index (χ2v) is 12.2. The molecule has 0 aliphatic carbocycles. The number of carbonyl (C=O) groups excluding carboxylic acids is 4. The minimum Gasteiger partial charge on any atom is -0.497 e. The standard InChI is InChI=1S/C35H44N2O8/c1-21(2)17-30-35(41)44-28(22(3)11-12-24-9-7-6-8-10-24)19-29-31(43-29)33(39)37-27(18-25-13-15-26(42-5)16-14-25)32(38)36-20-23(4)34(40)45-30/h6-16,21-23,27-31H,17-20H2,1-5H3,(H,36,38)(H,37,39)/b12-11+/t22-,23-,27-,28+,29-,30+,31-/m1/s1. The first-order valence-electron chi connectivity index (χ1n) is 15.5. The van der Waals surface area contributed by atoms with Crippen LogP contribution in [0.5, 0.6) is 5.75 Å². The predicted molar refractivity (Wildman–Crippen MR) is 168 cm³/mol. The number of hydrogen-bond donors (Lipinski definition) is 2. The fourth-order valence-corrected chi connectivity index (χ4v) is 5.13. The molecule has 0 aromatic heterocycles. The van der Waals surface area contributed by atoms with E-state index in [9.17, 15) is 19.2 Å². The number of amides is 2. The summed E-state index contributed by atoms with van der Waals surface area (Å²) in [6.07, 6.45) is 1.57. The number of hydrogen-bond acceptors (Lipinski definition) is 8. The number of methoxy groups -OCH3 is 1. The molecule has 4 rings (SSSR count). The first-order valence-corrected chi connectivity index (χ1v) is 15.5. The lowest BCUT2D eigenvalue weighted by atomic mass is 9.97. The lowest BCUT2D eigenvalue weighted by molar-refractivity contribution is -0.176. The van der Waals surface area contributed by atoms with E-state index < -0.39 is 60.1 Å². The van der Waals surface area contributed by atoms with E-state index in [0.717, 1.165) is 11.1 Å². The SMILES string of the molecule is COc1ccc(C[C@H]2NC(=O)[C@@H]3O[C@@H]3C[C@@H]([C@H](C)/C=C/c3ccccc3)OC(=O)[C@H](CC(C)C)OC(=O)[C@H](C)CNC2=O)cc1. The number of fused-ring (bicyclic) bond motifs is 1. The van der Waals surface area contributed by atoms with Crippen LogP contribution in [-0.4, -0.2) is 67.9 Å². The maximum atomic E-state index is 13.5. The Morgan fingerprint density at radius 3 is 2.31 bits per heavy atom. The minimum absolute atomic E-state index is 0.0391. The van der Waals surface area contributed by atoms with Crippen molar-refractivity contribution in [2.24, 2.45) is 17.8 Å². The number of nitrogens with one attached hydrogen (secondary N) is 2. The van der Waals surface area contributed by atoms with Gasteiger partial charge in [-0.1, -0.05) is 82.3 Å². The number of epoxide rings is 1. The van der Waals surface area contributed by atoms with E-state index in [4.69, 9.17) is 18.9 Å². The quantitative estimate of drug-likeness (QED) is 0.336. The van der Waals surface area contributed by atoms with Gasteiger partial charge in [0.25, 0.3) is 5.91 Å². The van der Waals surface area contributed by atoms with Gasteiger partial charge in [-0.2, -0.15) is 0 Å². The molecule has 7 atom stereocenters. The van der Waals surface area contributed by atoms with Crippen molar-refractivity contribution in [2.75, 3.05) is 13.7 Å². The molecule has 0 spiro atoms. The van der Waals surface area contributed by atoms with Crippen LogP contribution >= 0.6 is 0 Å². The fraction of sp³-hybridized carbons (Fsp3) is 0.486. The van der Waals surface area contributed by atoms with Crippen molar-refractivity contribution in [3.05, 3.63) is 71.8 Å². The van der Waals surface area contributed by atoms with Crippen LogP contribution in [-0.2, 0) is 39.8 Å². The second kappa shape index (κ2) is 15.7. The molecule has 2 aliphatic rings. The Bertz CT molecular complexity index is 1340. The van der Waals surface area contributed by atoms with Crippen LogP contribution in [0.15, 0.2) is 60.7 Å². The summed E-state index contributed by atoms with van der Waals surface area (Å²) in [6.45, 7) is 7.35. The molecule has 0 radical (unpaired) electrons. The van der Waals surface area contributed by atoms with Crippen LogP contribution in [0.2, 0.25) is 0 Å². The minimum atomic E-state index is -1.11. The zero-order valence-electron chi connectivity index (χ0n) is 26.6.